The van der Waals surface area contributed by atoms with Gasteiger partial charge in [-0.25, -0.2) is 0 Å². The molecule has 0 spiro atoms. The van der Waals surface area contributed by atoms with Crippen LogP contribution in [-0.2, 0) is 0 Å². The van der Waals surface area contributed by atoms with Gasteiger partial charge in [0.15, 0.2) is 0 Å². The summed E-state index contributed by atoms with van der Waals surface area (Å²) >= 11 is 0. The second kappa shape index (κ2) is 5.56. The van der Waals surface area contributed by atoms with Crippen molar-refractivity contribution in [2.75, 3.05) is 0 Å². The van der Waals surface area contributed by atoms with E-state index in [9.17, 15) is 0 Å². The van der Waals surface area contributed by atoms with Crippen molar-refractivity contribution in [1.82, 2.24) is 0 Å². The van der Waals surface area contributed by atoms with Crippen LogP contribution in [0.3, 0.4) is 0 Å². The van der Waals surface area contributed by atoms with Crippen LogP contribution in [0.5, 0.6) is 0 Å². The minimum atomic E-state index is 0.920. The van der Waals surface area contributed by atoms with Crippen molar-refractivity contribution in [3.63, 3.8) is 0 Å². The molecule has 0 aliphatic heterocycles. The maximum Gasteiger partial charge on any atom is -0.00821 e. The molecule has 0 heteroatoms. The molecule has 1 saturated carbocycles. The van der Waals surface area contributed by atoms with Gasteiger partial charge >= 0.3 is 0 Å². The molecular formula is C18H21. The molecule has 1 radical (unpaired) electrons. The van der Waals surface area contributed by atoms with Crippen LogP contribution in [0.15, 0.2) is 42.0 Å². The highest BCUT2D eigenvalue weighted by molar-refractivity contribution is 5.79. The highest BCUT2D eigenvalue weighted by Crippen LogP contribution is 2.36. The Morgan fingerprint density at radius 1 is 1.00 bits per heavy atom. The highest BCUT2D eigenvalue weighted by Gasteiger charge is 2.19. The maximum atomic E-state index is 3.54. The van der Waals surface area contributed by atoms with Crippen LogP contribution in [0, 0.1) is 12.0 Å². The zero-order valence-electron chi connectivity index (χ0n) is 11.0. The second-order valence-corrected chi connectivity index (χ2v) is 5.56. The zero-order valence-corrected chi connectivity index (χ0v) is 11.0. The van der Waals surface area contributed by atoms with E-state index in [2.05, 4.69) is 42.5 Å². The Labute approximate surface area is 110 Å². The number of hydrogen-bond donors (Lipinski definition) is 0. The topological polar surface area (TPSA) is 0 Å². The van der Waals surface area contributed by atoms with Gasteiger partial charge in [0.05, 0.1) is 0 Å². The van der Waals surface area contributed by atoms with Crippen LogP contribution >= 0.6 is 0 Å². The third kappa shape index (κ3) is 2.58. The Morgan fingerprint density at radius 2 is 1.78 bits per heavy atom. The van der Waals surface area contributed by atoms with Crippen molar-refractivity contribution in [2.45, 2.75) is 44.9 Å². The third-order valence-electron chi connectivity index (χ3n) is 4.24. The second-order valence-electron chi connectivity index (χ2n) is 5.56. The summed E-state index contributed by atoms with van der Waals surface area (Å²) in [6.07, 6.45) is 15.4. The summed E-state index contributed by atoms with van der Waals surface area (Å²) in [6, 6.07) is 10.8. The molecule has 3 rings (SSSR count). The smallest absolute Gasteiger partial charge is 0.00821 e. The van der Waals surface area contributed by atoms with E-state index in [4.69, 9.17) is 0 Å². The van der Waals surface area contributed by atoms with Crippen molar-refractivity contribution in [2.24, 2.45) is 5.92 Å². The van der Waals surface area contributed by atoms with E-state index in [1.165, 1.54) is 49.7 Å². The molecule has 2 aliphatic carbocycles. The van der Waals surface area contributed by atoms with E-state index in [1.807, 2.05) is 0 Å². The standard InChI is InChI=1S/C18H21/c1-3-8-15(9-4-1)14-17-12-7-13-18(17)16-10-5-2-6-11-16/h2,5-6,10-12,15H,1,3-4,7-9,14H2. The van der Waals surface area contributed by atoms with E-state index in [0.717, 1.165) is 12.3 Å². The first kappa shape index (κ1) is 11.8. The van der Waals surface area contributed by atoms with Gasteiger partial charge in [-0.1, -0.05) is 68.5 Å². The van der Waals surface area contributed by atoms with Crippen LogP contribution in [0.1, 0.15) is 50.5 Å². The first-order valence-corrected chi connectivity index (χ1v) is 7.29. The van der Waals surface area contributed by atoms with Gasteiger partial charge in [0.25, 0.3) is 0 Å². The molecule has 0 heterocycles. The largest absolute Gasteiger partial charge is 0.0762 e. The van der Waals surface area contributed by atoms with Crippen LogP contribution in [0.2, 0.25) is 0 Å². The molecule has 0 saturated heterocycles. The number of benzene rings is 1. The Kier molecular flexibility index (Phi) is 3.64. The summed E-state index contributed by atoms with van der Waals surface area (Å²) in [7, 11) is 0. The monoisotopic (exact) mass is 237 g/mol. The molecule has 2 aliphatic rings. The lowest BCUT2D eigenvalue weighted by molar-refractivity contribution is 0.358. The Morgan fingerprint density at radius 3 is 2.56 bits per heavy atom. The van der Waals surface area contributed by atoms with Gasteiger partial charge in [-0.2, -0.15) is 0 Å². The predicted octanol–water partition coefficient (Wildman–Crippen LogP) is 5.17. The lowest BCUT2D eigenvalue weighted by Gasteiger charge is -2.23. The van der Waals surface area contributed by atoms with Gasteiger partial charge in [0, 0.05) is 0 Å². The molecule has 0 nitrogen and oxygen atoms in total. The van der Waals surface area contributed by atoms with Crippen LogP contribution in [-0.4, -0.2) is 0 Å². The molecule has 0 unspecified atom stereocenters. The third-order valence-corrected chi connectivity index (χ3v) is 4.24. The van der Waals surface area contributed by atoms with Crippen molar-refractivity contribution >= 4 is 5.57 Å². The molecule has 0 atom stereocenters. The fraction of sp³-hybridized carbons (Fsp3) is 0.444. The van der Waals surface area contributed by atoms with Gasteiger partial charge in [-0.05, 0) is 41.5 Å². The van der Waals surface area contributed by atoms with Gasteiger partial charge in [0.1, 0.15) is 0 Å². The Bertz CT molecular complexity index is 444. The fourth-order valence-corrected chi connectivity index (χ4v) is 3.27. The minimum Gasteiger partial charge on any atom is -0.0762 e. The van der Waals surface area contributed by atoms with Crippen molar-refractivity contribution in [1.29, 1.82) is 0 Å². The summed E-state index contributed by atoms with van der Waals surface area (Å²) in [4.78, 5) is 0. The van der Waals surface area contributed by atoms with E-state index >= 15 is 0 Å². The van der Waals surface area contributed by atoms with E-state index < -0.39 is 0 Å². The summed E-state index contributed by atoms with van der Waals surface area (Å²) in [5.74, 6) is 0.920. The lowest BCUT2D eigenvalue weighted by atomic mass is 9.83. The van der Waals surface area contributed by atoms with Crippen LogP contribution in [0.4, 0.5) is 0 Å². The molecular weight excluding hydrogens is 216 g/mol. The molecule has 1 fully saturated rings. The van der Waals surface area contributed by atoms with Crippen molar-refractivity contribution in [3.8, 4) is 0 Å². The predicted molar refractivity (Wildman–Crippen MR) is 77.0 cm³/mol. The number of rotatable bonds is 3. The van der Waals surface area contributed by atoms with Crippen LogP contribution in [0.25, 0.3) is 5.57 Å². The van der Waals surface area contributed by atoms with Crippen LogP contribution < -0.4 is 0 Å². The summed E-state index contributed by atoms with van der Waals surface area (Å²) in [5, 5.41) is 0. The summed E-state index contributed by atoms with van der Waals surface area (Å²) in [5.41, 5.74) is 4.27. The minimum absolute atomic E-state index is 0.920. The molecule has 18 heavy (non-hydrogen) atoms. The number of allylic oxidation sites excluding steroid dienone is 4. The molecule has 0 bridgehead atoms. The first-order chi connectivity index (χ1) is 8.93. The zero-order chi connectivity index (χ0) is 12.2. The maximum absolute atomic E-state index is 3.54. The lowest BCUT2D eigenvalue weighted by Crippen LogP contribution is -2.07. The van der Waals surface area contributed by atoms with Crippen molar-refractivity contribution < 1.29 is 0 Å². The van der Waals surface area contributed by atoms with Gasteiger partial charge in [0.2, 0.25) is 0 Å². The SMILES string of the molecule is [C]1=C(c2ccccc2)C(CC2CCCCC2)=CC1. The van der Waals surface area contributed by atoms with E-state index in [1.54, 1.807) is 5.57 Å². The normalized spacial score (nSPS) is 20.7. The average Bonchev–Trinajstić information content (AvgIpc) is 2.89. The van der Waals surface area contributed by atoms with Gasteiger partial charge < -0.3 is 0 Å². The Balaban J connectivity index is 1.71. The summed E-state index contributed by atoms with van der Waals surface area (Å²) < 4.78 is 0. The van der Waals surface area contributed by atoms with E-state index in [-0.39, 0.29) is 0 Å². The molecule has 1 aromatic rings. The van der Waals surface area contributed by atoms with Gasteiger partial charge in [-0.15, -0.1) is 0 Å². The fourth-order valence-electron chi connectivity index (χ4n) is 3.27. The molecule has 0 N–H and O–H groups in total. The van der Waals surface area contributed by atoms with Gasteiger partial charge in [-0.3, -0.25) is 0 Å². The van der Waals surface area contributed by atoms with E-state index in [0.29, 0.717) is 0 Å². The summed E-state index contributed by atoms with van der Waals surface area (Å²) in [6.45, 7) is 0. The van der Waals surface area contributed by atoms with Crippen molar-refractivity contribution in [3.05, 3.63) is 53.6 Å². The Hall–Kier alpha value is -1.30. The molecule has 0 aromatic heterocycles. The highest BCUT2D eigenvalue weighted by atomic mass is 14.2. The molecule has 93 valence electrons. The number of hydrogen-bond acceptors (Lipinski definition) is 0. The first-order valence-electron chi connectivity index (χ1n) is 7.29. The quantitative estimate of drug-likeness (QED) is 0.680. The molecule has 1 aromatic carbocycles. The molecule has 0 amide bonds. The average molecular weight is 237 g/mol.